The number of benzene rings is 6. The van der Waals surface area contributed by atoms with Gasteiger partial charge in [0.2, 0.25) is 0 Å². The van der Waals surface area contributed by atoms with Crippen LogP contribution in [0.3, 0.4) is 0 Å². The van der Waals surface area contributed by atoms with Crippen molar-refractivity contribution in [3.63, 3.8) is 0 Å². The van der Waals surface area contributed by atoms with Gasteiger partial charge in [-0.2, -0.15) is 0 Å². The lowest BCUT2D eigenvalue weighted by atomic mass is 10.2. The van der Waals surface area contributed by atoms with Gasteiger partial charge in [0.25, 0.3) is 0 Å². The monoisotopic (exact) mass is 689 g/mol. The largest absolute Gasteiger partial charge is 0.355 e. The molecule has 52 heavy (non-hydrogen) atoms. The van der Waals surface area contributed by atoms with Gasteiger partial charge in [0.1, 0.15) is 11.6 Å². The van der Waals surface area contributed by atoms with Crippen molar-refractivity contribution in [2.75, 3.05) is 9.80 Å². The fourth-order valence-corrected chi connectivity index (χ4v) is 7.26. The molecule has 0 aliphatic carbocycles. The van der Waals surface area contributed by atoms with Crippen LogP contribution in [0.4, 0.5) is 34.4 Å². The van der Waals surface area contributed by atoms with Gasteiger partial charge in [-0.15, -0.1) is 0 Å². The van der Waals surface area contributed by atoms with E-state index in [1.165, 1.54) is 21.8 Å². The maximum atomic E-state index is 5.10. The zero-order chi connectivity index (χ0) is 35.0. The first kappa shape index (κ1) is 32.6. The lowest BCUT2D eigenvalue weighted by Gasteiger charge is -2.25. The molecule has 0 radical (unpaired) electrons. The van der Waals surface area contributed by atoms with Gasteiger partial charge in [0.05, 0.1) is 10.9 Å². The van der Waals surface area contributed by atoms with Crippen LogP contribution in [0, 0.1) is 0 Å². The van der Waals surface area contributed by atoms with Crippen molar-refractivity contribution in [1.29, 1.82) is 0 Å². The fourth-order valence-electron chi connectivity index (χ4n) is 6.30. The van der Waals surface area contributed by atoms with Crippen LogP contribution in [-0.4, -0.2) is 15.0 Å². The van der Waals surface area contributed by atoms with Gasteiger partial charge in [0, 0.05) is 44.6 Å². The molecule has 0 atom stereocenters. The Morgan fingerprint density at radius 3 is 1.02 bits per heavy atom. The molecule has 9 aromatic rings. The second-order valence-electron chi connectivity index (χ2n) is 12.1. The first-order valence-electron chi connectivity index (χ1n) is 17.3. The minimum atomic E-state index is 0.310. The minimum Gasteiger partial charge on any atom is -0.355 e. The summed E-state index contributed by atoms with van der Waals surface area (Å²) in [4.78, 5) is 17.9. The number of aromatic nitrogens is 3. The first-order valence-corrected chi connectivity index (χ1v) is 18.3. The number of hydrogen-bond acceptors (Lipinski definition) is 4. The average molecular weight is 690 g/mol. The number of H-pyrrole nitrogens is 1. The lowest BCUT2D eigenvalue weighted by Crippen LogP contribution is -2.18. The molecule has 5 nitrogen and oxygen atoms in total. The molecule has 0 saturated heterocycles. The van der Waals surface area contributed by atoms with E-state index < -0.39 is 0 Å². The number of aromatic amines is 1. The van der Waals surface area contributed by atoms with E-state index in [0.717, 1.165) is 45.3 Å². The molecular weight excluding hydrogens is 654 g/mol. The number of anilines is 6. The van der Waals surface area contributed by atoms with Gasteiger partial charge in [0.15, 0.2) is 0 Å². The number of nitrogens with zero attached hydrogens (tertiary/aromatic N) is 4. The number of hydrogen-bond donors (Lipinski definition) is 1. The second-order valence-corrected chi connectivity index (χ2v) is 13.4. The van der Waals surface area contributed by atoms with Gasteiger partial charge in [-0.25, -0.2) is 9.97 Å². The van der Waals surface area contributed by atoms with Crippen molar-refractivity contribution in [3.8, 4) is 0 Å². The second kappa shape index (κ2) is 15.6. The van der Waals surface area contributed by atoms with Crippen molar-refractivity contribution in [2.45, 2.75) is 0 Å². The first-order chi connectivity index (χ1) is 25.8. The Balaban J connectivity index is 0.000000247. The SMILES string of the molecule is c1ccc(N(c2ccccc2)c2cccc(Pc3cccc(N(c4ccccc4)c4ccccc4)n3)n2)cc1.c1ccc2c(c1)[nH]c1ccccc12. The van der Waals surface area contributed by atoms with E-state index in [9.17, 15) is 0 Å². The molecule has 0 aliphatic heterocycles. The highest BCUT2D eigenvalue weighted by Crippen LogP contribution is 2.34. The number of para-hydroxylation sites is 6. The van der Waals surface area contributed by atoms with E-state index >= 15 is 0 Å². The Bertz CT molecular complexity index is 2250. The normalized spacial score (nSPS) is 10.8. The number of fused-ring (bicyclic) bond motifs is 3. The van der Waals surface area contributed by atoms with Crippen LogP contribution in [0.5, 0.6) is 0 Å². The Hall–Kier alpha value is -6.55. The van der Waals surface area contributed by atoms with E-state index in [0.29, 0.717) is 8.58 Å². The van der Waals surface area contributed by atoms with Crippen LogP contribution < -0.4 is 20.7 Å². The van der Waals surface area contributed by atoms with Crippen LogP contribution in [-0.2, 0) is 0 Å². The third-order valence-electron chi connectivity index (χ3n) is 8.65. The summed E-state index contributed by atoms with van der Waals surface area (Å²) in [6.07, 6.45) is 0. The number of pyridine rings is 2. The maximum Gasteiger partial charge on any atom is 0.138 e. The smallest absolute Gasteiger partial charge is 0.138 e. The average Bonchev–Trinajstić information content (AvgIpc) is 3.59. The summed E-state index contributed by atoms with van der Waals surface area (Å²) in [7, 11) is 0.310. The van der Waals surface area contributed by atoms with E-state index in [2.05, 4.69) is 197 Å². The summed E-state index contributed by atoms with van der Waals surface area (Å²) in [5, 5.41) is 2.61. The topological polar surface area (TPSA) is 48.1 Å². The highest BCUT2D eigenvalue weighted by molar-refractivity contribution is 7.54. The summed E-state index contributed by atoms with van der Waals surface area (Å²) in [5.74, 6) is 1.76. The molecule has 0 saturated carbocycles. The van der Waals surface area contributed by atoms with E-state index in [1.807, 2.05) is 24.3 Å². The highest BCUT2D eigenvalue weighted by atomic mass is 31.1. The third kappa shape index (κ3) is 7.32. The number of rotatable bonds is 8. The molecule has 0 unspecified atom stereocenters. The molecule has 0 spiro atoms. The maximum absolute atomic E-state index is 5.10. The molecular formula is C46H36N5P. The summed E-state index contributed by atoms with van der Waals surface area (Å²) in [5.41, 5.74) is 8.67. The van der Waals surface area contributed by atoms with Crippen molar-refractivity contribution in [1.82, 2.24) is 15.0 Å². The Labute approximate surface area is 305 Å². The highest BCUT2D eigenvalue weighted by Gasteiger charge is 2.16. The molecule has 0 fully saturated rings. The van der Waals surface area contributed by atoms with Crippen molar-refractivity contribution >= 4 is 75.6 Å². The van der Waals surface area contributed by atoms with Gasteiger partial charge in [-0.1, -0.05) is 121 Å². The van der Waals surface area contributed by atoms with Crippen LogP contribution in [0.25, 0.3) is 21.8 Å². The third-order valence-corrected chi connectivity index (χ3v) is 9.72. The summed E-state index contributed by atoms with van der Waals surface area (Å²) in [6, 6.07) is 70.6. The molecule has 3 aromatic heterocycles. The molecule has 6 heteroatoms. The van der Waals surface area contributed by atoms with E-state index in [-0.39, 0.29) is 0 Å². The van der Waals surface area contributed by atoms with Gasteiger partial charge in [-0.05, 0) is 93.5 Å². The molecule has 0 amide bonds. The fraction of sp³-hybridized carbons (Fsp3) is 0. The van der Waals surface area contributed by atoms with Crippen LogP contribution in [0.15, 0.2) is 206 Å². The quantitative estimate of drug-likeness (QED) is 0.161. The zero-order valence-electron chi connectivity index (χ0n) is 28.4. The van der Waals surface area contributed by atoms with E-state index in [4.69, 9.17) is 9.97 Å². The van der Waals surface area contributed by atoms with Crippen LogP contribution >= 0.6 is 8.58 Å². The van der Waals surface area contributed by atoms with Crippen molar-refractivity contribution in [3.05, 3.63) is 206 Å². The molecule has 1 N–H and O–H groups in total. The Kier molecular flexibility index (Phi) is 9.76. The van der Waals surface area contributed by atoms with E-state index in [1.54, 1.807) is 0 Å². The molecule has 6 aromatic carbocycles. The Morgan fingerprint density at radius 1 is 0.327 bits per heavy atom. The molecule has 9 rings (SSSR count). The standard InChI is InChI=1S/C34H27N4P.C12H9N/c1-5-15-27(16-6-1)37(28-17-7-2-8-18-28)31-23-13-25-33(35-31)39-34-26-14-24-32(36-34)38(29-19-9-3-10-20-29)30-21-11-4-12-22-30;1-3-7-11-9(5-1)10-6-2-4-8-12(10)13-11/h1-26,39H;1-8,13H. The Morgan fingerprint density at radius 2 is 0.654 bits per heavy atom. The van der Waals surface area contributed by atoms with Crippen molar-refractivity contribution in [2.24, 2.45) is 0 Å². The van der Waals surface area contributed by atoms with Crippen molar-refractivity contribution < 1.29 is 0 Å². The lowest BCUT2D eigenvalue weighted by molar-refractivity contribution is 1.19. The minimum absolute atomic E-state index is 0.310. The molecule has 3 heterocycles. The van der Waals surface area contributed by atoms with Gasteiger partial charge in [-0.3, -0.25) is 9.80 Å². The predicted octanol–water partition coefficient (Wildman–Crippen LogP) is 11.4. The predicted molar refractivity (Wildman–Crippen MR) is 221 cm³/mol. The zero-order valence-corrected chi connectivity index (χ0v) is 29.4. The molecule has 0 bridgehead atoms. The van der Waals surface area contributed by atoms with Gasteiger partial charge < -0.3 is 4.98 Å². The van der Waals surface area contributed by atoms with Crippen LogP contribution in [0.2, 0.25) is 0 Å². The van der Waals surface area contributed by atoms with Gasteiger partial charge >= 0.3 is 0 Å². The molecule has 0 aliphatic rings. The summed E-state index contributed by atoms with van der Waals surface area (Å²) in [6.45, 7) is 0. The summed E-state index contributed by atoms with van der Waals surface area (Å²) < 4.78 is 0. The molecule has 250 valence electrons. The summed E-state index contributed by atoms with van der Waals surface area (Å²) >= 11 is 0. The van der Waals surface area contributed by atoms with Crippen LogP contribution in [0.1, 0.15) is 0 Å². The number of nitrogens with one attached hydrogen (secondary N) is 1.